The van der Waals surface area contributed by atoms with Crippen LogP contribution in [-0.2, 0) is 12.8 Å². The van der Waals surface area contributed by atoms with Crippen molar-refractivity contribution in [2.45, 2.75) is 25.7 Å². The topological polar surface area (TPSA) is 84.2 Å². The molecule has 0 unspecified atom stereocenters. The highest BCUT2D eigenvalue weighted by atomic mass is 16.5. The van der Waals surface area contributed by atoms with Gasteiger partial charge in [-0.2, -0.15) is 0 Å². The van der Waals surface area contributed by atoms with Crippen LogP contribution in [0.3, 0.4) is 0 Å². The second-order valence-electron chi connectivity index (χ2n) is 5.26. The molecule has 1 amide bonds. The van der Waals surface area contributed by atoms with Crippen LogP contribution in [0.4, 0.5) is 11.6 Å². The van der Waals surface area contributed by atoms with Crippen LogP contribution in [0.5, 0.6) is 0 Å². The highest BCUT2D eigenvalue weighted by molar-refractivity contribution is 6.03. The number of nitrogens with zero attached hydrogens (tertiary/aromatic N) is 4. The lowest BCUT2D eigenvalue weighted by atomic mass is 9.96. The SMILES string of the molecule is CN(C)c1ncc(NC(=O)c2noc3c2CCCC3)cn1. The van der Waals surface area contributed by atoms with Crippen LogP contribution < -0.4 is 10.2 Å². The summed E-state index contributed by atoms with van der Waals surface area (Å²) in [7, 11) is 3.71. The Morgan fingerprint density at radius 2 is 1.95 bits per heavy atom. The maximum Gasteiger partial charge on any atom is 0.278 e. The van der Waals surface area contributed by atoms with E-state index in [1.807, 2.05) is 14.1 Å². The lowest BCUT2D eigenvalue weighted by molar-refractivity contribution is 0.101. The second-order valence-corrected chi connectivity index (χ2v) is 5.26. The summed E-state index contributed by atoms with van der Waals surface area (Å²) in [6, 6.07) is 0. The van der Waals surface area contributed by atoms with Gasteiger partial charge in [0.25, 0.3) is 5.91 Å². The van der Waals surface area contributed by atoms with E-state index in [9.17, 15) is 4.79 Å². The Labute approximate surface area is 122 Å². The van der Waals surface area contributed by atoms with Crippen LogP contribution in [0.15, 0.2) is 16.9 Å². The average molecular weight is 287 g/mol. The first-order valence-corrected chi connectivity index (χ1v) is 6.93. The molecule has 0 spiro atoms. The van der Waals surface area contributed by atoms with Gasteiger partial charge in [0, 0.05) is 26.1 Å². The van der Waals surface area contributed by atoms with E-state index in [4.69, 9.17) is 4.52 Å². The Morgan fingerprint density at radius 1 is 1.24 bits per heavy atom. The molecule has 3 rings (SSSR count). The fourth-order valence-corrected chi connectivity index (χ4v) is 2.37. The number of carbonyl (C=O) groups is 1. The number of rotatable bonds is 3. The molecule has 0 atom stereocenters. The summed E-state index contributed by atoms with van der Waals surface area (Å²) in [4.78, 5) is 22.4. The summed E-state index contributed by atoms with van der Waals surface area (Å²) in [5.74, 6) is 1.15. The first kappa shape index (κ1) is 13.5. The first-order chi connectivity index (χ1) is 10.1. The van der Waals surface area contributed by atoms with Crippen LogP contribution in [0.1, 0.15) is 34.7 Å². The number of carbonyl (C=O) groups excluding carboxylic acids is 1. The van der Waals surface area contributed by atoms with Crippen molar-refractivity contribution < 1.29 is 9.32 Å². The maximum atomic E-state index is 12.3. The highest BCUT2D eigenvalue weighted by Crippen LogP contribution is 2.24. The van der Waals surface area contributed by atoms with Gasteiger partial charge in [0.15, 0.2) is 5.69 Å². The molecule has 2 aromatic rings. The molecule has 1 aliphatic rings. The van der Waals surface area contributed by atoms with Gasteiger partial charge in [-0.05, 0) is 19.3 Å². The Balaban J connectivity index is 1.75. The maximum absolute atomic E-state index is 12.3. The minimum absolute atomic E-state index is 0.275. The Bertz CT molecular complexity index is 648. The van der Waals surface area contributed by atoms with Crippen LogP contribution in [0.25, 0.3) is 0 Å². The van der Waals surface area contributed by atoms with Crippen molar-refractivity contribution in [3.05, 3.63) is 29.4 Å². The normalized spacial score (nSPS) is 13.6. The molecule has 1 N–H and O–H groups in total. The van der Waals surface area contributed by atoms with Crippen molar-refractivity contribution in [3.63, 3.8) is 0 Å². The van der Waals surface area contributed by atoms with E-state index in [1.165, 1.54) is 0 Å². The van der Waals surface area contributed by atoms with E-state index in [0.717, 1.165) is 37.0 Å². The lowest BCUT2D eigenvalue weighted by Gasteiger charge is -2.11. The number of aryl methyl sites for hydroxylation is 1. The molecule has 7 heteroatoms. The fraction of sp³-hybridized carbons (Fsp3) is 0.429. The van der Waals surface area contributed by atoms with Gasteiger partial charge >= 0.3 is 0 Å². The molecule has 0 fully saturated rings. The van der Waals surface area contributed by atoms with E-state index in [0.29, 0.717) is 17.3 Å². The summed E-state index contributed by atoms with van der Waals surface area (Å²) in [6.07, 6.45) is 7.01. The van der Waals surface area contributed by atoms with Crippen molar-refractivity contribution in [1.82, 2.24) is 15.1 Å². The van der Waals surface area contributed by atoms with E-state index < -0.39 is 0 Å². The minimum Gasteiger partial charge on any atom is -0.360 e. The summed E-state index contributed by atoms with van der Waals surface area (Å²) in [6.45, 7) is 0. The van der Waals surface area contributed by atoms with Crippen molar-refractivity contribution in [1.29, 1.82) is 0 Å². The van der Waals surface area contributed by atoms with Gasteiger partial charge in [-0.3, -0.25) is 4.79 Å². The molecule has 0 aromatic carbocycles. The summed E-state index contributed by atoms with van der Waals surface area (Å²) in [5.41, 5.74) is 1.85. The molecule has 7 nitrogen and oxygen atoms in total. The zero-order valence-electron chi connectivity index (χ0n) is 12.1. The van der Waals surface area contributed by atoms with Gasteiger partial charge in [0.1, 0.15) is 5.76 Å². The van der Waals surface area contributed by atoms with Gasteiger partial charge in [0.2, 0.25) is 5.95 Å². The molecule has 0 aliphatic heterocycles. The molecule has 21 heavy (non-hydrogen) atoms. The molecule has 2 aromatic heterocycles. The van der Waals surface area contributed by atoms with E-state index in [1.54, 1.807) is 17.3 Å². The third-order valence-electron chi connectivity index (χ3n) is 3.46. The van der Waals surface area contributed by atoms with Crippen LogP contribution in [0.2, 0.25) is 0 Å². The number of hydrogen-bond acceptors (Lipinski definition) is 6. The van der Waals surface area contributed by atoms with Gasteiger partial charge in [-0.1, -0.05) is 5.16 Å². The number of amides is 1. The van der Waals surface area contributed by atoms with E-state index in [-0.39, 0.29) is 5.91 Å². The summed E-state index contributed by atoms with van der Waals surface area (Å²) in [5, 5.41) is 6.66. The van der Waals surface area contributed by atoms with Crippen LogP contribution in [0, 0.1) is 0 Å². The van der Waals surface area contributed by atoms with Crippen molar-refractivity contribution >= 4 is 17.5 Å². The quantitative estimate of drug-likeness (QED) is 0.924. The molecule has 2 heterocycles. The molecule has 0 saturated heterocycles. The van der Waals surface area contributed by atoms with Crippen LogP contribution >= 0.6 is 0 Å². The predicted molar refractivity (Wildman–Crippen MR) is 77.5 cm³/mol. The first-order valence-electron chi connectivity index (χ1n) is 6.93. The van der Waals surface area contributed by atoms with Gasteiger partial charge < -0.3 is 14.7 Å². The Hall–Kier alpha value is -2.44. The van der Waals surface area contributed by atoms with E-state index >= 15 is 0 Å². The lowest BCUT2D eigenvalue weighted by Crippen LogP contribution is -2.17. The number of nitrogens with one attached hydrogen (secondary N) is 1. The molecular weight excluding hydrogens is 270 g/mol. The standard InChI is InChI=1S/C14H17N5O2/c1-19(2)14-15-7-9(8-16-14)17-13(20)12-10-5-3-4-6-11(10)21-18-12/h7-8H,3-6H2,1-2H3,(H,17,20). The fourth-order valence-electron chi connectivity index (χ4n) is 2.37. The van der Waals surface area contributed by atoms with Crippen molar-refractivity contribution in [3.8, 4) is 0 Å². The number of anilines is 2. The number of fused-ring (bicyclic) bond motifs is 1. The molecule has 1 aliphatic carbocycles. The molecule has 0 bridgehead atoms. The summed E-state index contributed by atoms with van der Waals surface area (Å²) >= 11 is 0. The predicted octanol–water partition coefficient (Wildman–Crippen LogP) is 1.66. The molecule has 0 radical (unpaired) electrons. The third-order valence-corrected chi connectivity index (χ3v) is 3.46. The monoisotopic (exact) mass is 287 g/mol. The van der Waals surface area contributed by atoms with Gasteiger partial charge in [-0.25, -0.2) is 9.97 Å². The van der Waals surface area contributed by atoms with Crippen molar-refractivity contribution in [2.75, 3.05) is 24.3 Å². The Morgan fingerprint density at radius 3 is 2.67 bits per heavy atom. The van der Waals surface area contributed by atoms with Gasteiger partial charge in [0.05, 0.1) is 18.1 Å². The zero-order chi connectivity index (χ0) is 14.8. The summed E-state index contributed by atoms with van der Waals surface area (Å²) < 4.78 is 5.25. The van der Waals surface area contributed by atoms with Crippen LogP contribution in [-0.4, -0.2) is 35.1 Å². The Kier molecular flexibility index (Phi) is 3.55. The molecule has 110 valence electrons. The number of hydrogen-bond donors (Lipinski definition) is 1. The third kappa shape index (κ3) is 2.72. The molecular formula is C14H17N5O2. The van der Waals surface area contributed by atoms with Crippen molar-refractivity contribution in [2.24, 2.45) is 0 Å². The average Bonchev–Trinajstić information content (AvgIpc) is 2.92. The number of aromatic nitrogens is 3. The highest BCUT2D eigenvalue weighted by Gasteiger charge is 2.24. The largest absolute Gasteiger partial charge is 0.360 e. The van der Waals surface area contributed by atoms with E-state index in [2.05, 4.69) is 20.4 Å². The van der Waals surface area contributed by atoms with Gasteiger partial charge in [-0.15, -0.1) is 0 Å². The molecule has 0 saturated carbocycles. The smallest absolute Gasteiger partial charge is 0.278 e. The second kappa shape index (κ2) is 5.51. The minimum atomic E-state index is -0.275. The zero-order valence-corrected chi connectivity index (χ0v) is 12.1.